The van der Waals surface area contributed by atoms with Crippen molar-refractivity contribution in [2.24, 2.45) is 0 Å². The van der Waals surface area contributed by atoms with Gasteiger partial charge in [0.2, 0.25) is 5.91 Å². The van der Waals surface area contributed by atoms with Crippen molar-refractivity contribution in [3.8, 4) is 0 Å². The van der Waals surface area contributed by atoms with Crippen LogP contribution in [0.25, 0.3) is 0 Å². The predicted octanol–water partition coefficient (Wildman–Crippen LogP) is 2.60. The first-order chi connectivity index (χ1) is 7.97. The molecule has 1 rings (SSSR count). The molecule has 0 radical (unpaired) electrons. The summed E-state index contributed by atoms with van der Waals surface area (Å²) in [5.41, 5.74) is 0.743. The van der Waals surface area contributed by atoms with Crippen LogP contribution in [0.4, 0.5) is 5.69 Å². The molecule has 0 aliphatic carbocycles. The van der Waals surface area contributed by atoms with Crippen molar-refractivity contribution in [3.05, 3.63) is 24.3 Å². The quantitative estimate of drug-likeness (QED) is 0.792. The average molecular weight is 253 g/mol. The zero-order chi connectivity index (χ0) is 12.8. The Hall–Kier alpha value is -1.49. The van der Waals surface area contributed by atoms with Crippen LogP contribution in [0.3, 0.4) is 0 Å². The highest BCUT2D eigenvalue weighted by atomic mass is 32.2. The zero-order valence-electron chi connectivity index (χ0n) is 9.77. The minimum absolute atomic E-state index is 0.0270. The van der Waals surface area contributed by atoms with Gasteiger partial charge in [-0.25, -0.2) is 0 Å². The summed E-state index contributed by atoms with van der Waals surface area (Å²) in [6.07, 6.45) is 0.137. The number of thioether (sulfide) groups is 1. The van der Waals surface area contributed by atoms with E-state index in [1.165, 1.54) is 18.7 Å². The molecule has 0 aliphatic rings. The molecule has 2 N–H and O–H groups in total. The van der Waals surface area contributed by atoms with Gasteiger partial charge in [0.1, 0.15) is 0 Å². The van der Waals surface area contributed by atoms with Crippen molar-refractivity contribution < 1.29 is 14.7 Å². The molecule has 1 atom stereocenters. The molecule has 92 valence electrons. The van der Waals surface area contributed by atoms with E-state index in [0.29, 0.717) is 0 Å². The topological polar surface area (TPSA) is 66.4 Å². The summed E-state index contributed by atoms with van der Waals surface area (Å²) in [4.78, 5) is 22.3. The molecule has 0 heterocycles. The summed E-state index contributed by atoms with van der Waals surface area (Å²) in [6, 6.07) is 7.34. The van der Waals surface area contributed by atoms with Crippen LogP contribution >= 0.6 is 11.8 Å². The molecule has 1 amide bonds. The van der Waals surface area contributed by atoms with Crippen LogP contribution in [0, 0.1) is 0 Å². The van der Waals surface area contributed by atoms with Crippen LogP contribution in [0.15, 0.2) is 29.2 Å². The van der Waals surface area contributed by atoms with E-state index < -0.39 is 5.97 Å². The Morgan fingerprint density at radius 1 is 1.35 bits per heavy atom. The molecule has 4 nitrogen and oxygen atoms in total. The van der Waals surface area contributed by atoms with Crippen molar-refractivity contribution in [1.82, 2.24) is 0 Å². The number of carboxylic acids is 1. The van der Waals surface area contributed by atoms with E-state index in [1.54, 1.807) is 12.1 Å². The summed E-state index contributed by atoms with van der Waals surface area (Å²) >= 11 is 1.51. The van der Waals surface area contributed by atoms with Crippen molar-refractivity contribution in [3.63, 3.8) is 0 Å². The molecule has 0 aromatic heterocycles. The summed E-state index contributed by atoms with van der Waals surface area (Å²) in [5.74, 6) is -0.899. The molecular formula is C12H15NO3S. The molecule has 0 saturated carbocycles. The number of amides is 1. The summed E-state index contributed by atoms with van der Waals surface area (Å²) in [5, 5.41) is 11.3. The Morgan fingerprint density at radius 2 is 1.94 bits per heavy atom. The molecule has 17 heavy (non-hydrogen) atoms. The molecule has 1 aromatic rings. The first kappa shape index (κ1) is 13.6. The maximum Gasteiger partial charge on any atom is 0.304 e. The number of aliphatic carboxylic acids is 1. The van der Waals surface area contributed by atoms with E-state index in [-0.39, 0.29) is 17.6 Å². The fourth-order valence-electron chi connectivity index (χ4n) is 1.34. The van der Waals surface area contributed by atoms with Crippen LogP contribution < -0.4 is 5.32 Å². The number of rotatable bonds is 5. The lowest BCUT2D eigenvalue weighted by Crippen LogP contribution is -2.06. The highest BCUT2D eigenvalue weighted by Gasteiger charge is 2.09. The summed E-state index contributed by atoms with van der Waals surface area (Å²) < 4.78 is 0. The molecule has 0 saturated heterocycles. The number of benzene rings is 1. The Labute approximate surface area is 104 Å². The van der Waals surface area contributed by atoms with Gasteiger partial charge in [0, 0.05) is 22.8 Å². The second-order valence-electron chi connectivity index (χ2n) is 3.73. The van der Waals surface area contributed by atoms with Crippen LogP contribution in [0.2, 0.25) is 0 Å². The molecule has 1 unspecified atom stereocenters. The van der Waals surface area contributed by atoms with E-state index in [2.05, 4.69) is 5.32 Å². The molecule has 5 heteroatoms. The lowest BCUT2D eigenvalue weighted by Gasteiger charge is -2.09. The average Bonchev–Trinajstić information content (AvgIpc) is 2.18. The molecule has 0 fully saturated rings. The molecule has 0 spiro atoms. The van der Waals surface area contributed by atoms with E-state index in [0.717, 1.165) is 10.6 Å². The van der Waals surface area contributed by atoms with E-state index in [4.69, 9.17) is 5.11 Å². The number of carbonyl (C=O) groups excluding carboxylic acids is 1. The Kier molecular flexibility index (Phi) is 5.03. The van der Waals surface area contributed by atoms with Crippen molar-refractivity contribution in [2.45, 2.75) is 30.4 Å². The van der Waals surface area contributed by atoms with Gasteiger partial charge in [-0.15, -0.1) is 11.8 Å². The fraction of sp³-hybridized carbons (Fsp3) is 0.333. The third kappa shape index (κ3) is 5.40. The van der Waals surface area contributed by atoms with E-state index >= 15 is 0 Å². The highest BCUT2D eigenvalue weighted by Crippen LogP contribution is 2.26. The first-order valence-electron chi connectivity index (χ1n) is 5.23. The fourth-order valence-corrected chi connectivity index (χ4v) is 2.32. The minimum atomic E-state index is -0.792. The molecule has 1 aromatic carbocycles. The van der Waals surface area contributed by atoms with Gasteiger partial charge in [-0.1, -0.05) is 6.92 Å². The van der Waals surface area contributed by atoms with E-state index in [9.17, 15) is 9.59 Å². The van der Waals surface area contributed by atoms with Gasteiger partial charge >= 0.3 is 5.97 Å². The monoisotopic (exact) mass is 253 g/mol. The maximum absolute atomic E-state index is 10.8. The summed E-state index contributed by atoms with van der Waals surface area (Å²) in [7, 11) is 0. The predicted molar refractivity (Wildman–Crippen MR) is 68.3 cm³/mol. The lowest BCUT2D eigenvalue weighted by molar-refractivity contribution is -0.136. The van der Waals surface area contributed by atoms with Crippen LogP contribution in [0.1, 0.15) is 20.3 Å². The third-order valence-electron chi connectivity index (χ3n) is 1.97. The maximum atomic E-state index is 10.8. The van der Waals surface area contributed by atoms with Crippen LogP contribution in [-0.2, 0) is 9.59 Å². The number of carbonyl (C=O) groups is 2. The number of hydrogen-bond acceptors (Lipinski definition) is 3. The Morgan fingerprint density at radius 3 is 2.41 bits per heavy atom. The largest absolute Gasteiger partial charge is 0.481 e. The van der Waals surface area contributed by atoms with Gasteiger partial charge < -0.3 is 10.4 Å². The molecule has 0 aliphatic heterocycles. The number of hydrogen-bond donors (Lipinski definition) is 2. The molecular weight excluding hydrogens is 238 g/mol. The smallest absolute Gasteiger partial charge is 0.304 e. The Balaban J connectivity index is 2.56. The second kappa shape index (κ2) is 6.30. The van der Waals surface area contributed by atoms with Crippen molar-refractivity contribution in [2.75, 3.05) is 5.32 Å². The second-order valence-corrected chi connectivity index (χ2v) is 5.24. The molecule has 0 bridgehead atoms. The zero-order valence-corrected chi connectivity index (χ0v) is 10.6. The van der Waals surface area contributed by atoms with Crippen LogP contribution in [-0.4, -0.2) is 22.2 Å². The van der Waals surface area contributed by atoms with Gasteiger partial charge in [0.25, 0.3) is 0 Å². The lowest BCUT2D eigenvalue weighted by atomic mass is 10.3. The van der Waals surface area contributed by atoms with Gasteiger partial charge in [-0.05, 0) is 24.3 Å². The van der Waals surface area contributed by atoms with Gasteiger partial charge in [0.15, 0.2) is 0 Å². The Bertz CT molecular complexity index is 403. The van der Waals surface area contributed by atoms with Crippen molar-refractivity contribution in [1.29, 1.82) is 0 Å². The summed E-state index contributed by atoms with van der Waals surface area (Å²) in [6.45, 7) is 3.33. The SMILES string of the molecule is CC(=O)Nc1ccc(SC(C)CC(=O)O)cc1. The number of carboxylic acid groups (broad SMARTS) is 1. The third-order valence-corrected chi connectivity index (χ3v) is 3.09. The number of nitrogens with one attached hydrogen (secondary N) is 1. The van der Waals surface area contributed by atoms with Crippen LogP contribution in [0.5, 0.6) is 0 Å². The normalized spacial score (nSPS) is 11.9. The van der Waals surface area contributed by atoms with E-state index in [1.807, 2.05) is 19.1 Å². The number of anilines is 1. The van der Waals surface area contributed by atoms with Crippen molar-refractivity contribution >= 4 is 29.3 Å². The minimum Gasteiger partial charge on any atom is -0.481 e. The highest BCUT2D eigenvalue weighted by molar-refractivity contribution is 8.00. The van der Waals surface area contributed by atoms with Gasteiger partial charge in [0.05, 0.1) is 6.42 Å². The standard InChI is InChI=1S/C12H15NO3S/c1-8(7-12(15)16)17-11-5-3-10(4-6-11)13-9(2)14/h3-6,8H,7H2,1-2H3,(H,13,14)(H,15,16). The van der Waals surface area contributed by atoms with Gasteiger partial charge in [-0.3, -0.25) is 9.59 Å². The first-order valence-corrected chi connectivity index (χ1v) is 6.11. The van der Waals surface area contributed by atoms with Gasteiger partial charge in [-0.2, -0.15) is 0 Å².